The quantitative estimate of drug-likeness (QED) is 0.802. The van der Waals surface area contributed by atoms with E-state index < -0.39 is 5.76 Å². The normalized spacial score (nSPS) is 17.7. The lowest BCUT2D eigenvalue weighted by molar-refractivity contribution is -0.131. The van der Waals surface area contributed by atoms with Gasteiger partial charge in [-0.1, -0.05) is 6.07 Å². The van der Waals surface area contributed by atoms with E-state index in [2.05, 4.69) is 10.1 Å². The Bertz CT molecular complexity index is 709. The number of aryl methyl sites for hydroxylation is 1. The highest BCUT2D eigenvalue weighted by atomic mass is 16.5. The molecular weight excluding hydrogens is 288 g/mol. The van der Waals surface area contributed by atoms with Crippen molar-refractivity contribution in [1.82, 2.24) is 19.7 Å². The second-order valence-corrected chi connectivity index (χ2v) is 5.08. The van der Waals surface area contributed by atoms with E-state index in [4.69, 9.17) is 9.15 Å². The van der Waals surface area contributed by atoms with E-state index >= 15 is 0 Å². The van der Waals surface area contributed by atoms with Gasteiger partial charge in [-0.2, -0.15) is 4.68 Å². The SMILES string of the molecule is Cc1nn(CC(=O)N2CCC(Oc3ccccn3)C2)c(=O)o1. The standard InChI is InChI=1S/C14H16N4O4/c1-10-16-18(14(20)21-10)9-13(19)17-7-5-11(8-17)22-12-4-2-3-6-15-12/h2-4,6,11H,5,7-9H2,1H3. The van der Waals surface area contributed by atoms with Crippen LogP contribution in [0.25, 0.3) is 0 Å². The number of rotatable bonds is 4. The van der Waals surface area contributed by atoms with Crippen molar-refractivity contribution < 1.29 is 13.9 Å². The number of hydrogen-bond donors (Lipinski definition) is 0. The molecule has 8 heteroatoms. The summed E-state index contributed by atoms with van der Waals surface area (Å²) in [4.78, 5) is 29.4. The molecule has 2 aromatic rings. The monoisotopic (exact) mass is 304 g/mol. The number of nitrogens with zero attached hydrogens (tertiary/aromatic N) is 4. The van der Waals surface area contributed by atoms with Crippen molar-refractivity contribution in [2.75, 3.05) is 13.1 Å². The first kappa shape index (κ1) is 14.3. The molecular formula is C14H16N4O4. The number of ether oxygens (including phenoxy) is 1. The molecule has 1 fully saturated rings. The maximum absolute atomic E-state index is 12.2. The van der Waals surface area contributed by atoms with Crippen LogP contribution < -0.4 is 10.5 Å². The third-order valence-corrected chi connectivity index (χ3v) is 3.42. The summed E-state index contributed by atoms with van der Waals surface area (Å²) in [5.41, 5.74) is 0. The first-order valence-corrected chi connectivity index (χ1v) is 7.02. The van der Waals surface area contributed by atoms with E-state index in [1.807, 2.05) is 12.1 Å². The van der Waals surface area contributed by atoms with Crippen LogP contribution in [0.4, 0.5) is 0 Å². The van der Waals surface area contributed by atoms with Gasteiger partial charge in [-0.05, 0) is 6.07 Å². The molecule has 2 aromatic heterocycles. The highest BCUT2D eigenvalue weighted by Gasteiger charge is 2.28. The van der Waals surface area contributed by atoms with Gasteiger partial charge in [-0.3, -0.25) is 4.79 Å². The second kappa shape index (κ2) is 6.00. The maximum Gasteiger partial charge on any atom is 0.437 e. The van der Waals surface area contributed by atoms with Gasteiger partial charge in [-0.15, -0.1) is 5.10 Å². The van der Waals surface area contributed by atoms with E-state index in [-0.39, 0.29) is 24.4 Å². The average Bonchev–Trinajstić information content (AvgIpc) is 3.07. The lowest BCUT2D eigenvalue weighted by Crippen LogP contribution is -2.35. The molecule has 0 N–H and O–H groups in total. The van der Waals surface area contributed by atoms with Gasteiger partial charge in [0.2, 0.25) is 17.7 Å². The van der Waals surface area contributed by atoms with Gasteiger partial charge in [0.25, 0.3) is 0 Å². The molecule has 116 valence electrons. The highest BCUT2D eigenvalue weighted by molar-refractivity contribution is 5.76. The Morgan fingerprint density at radius 1 is 1.50 bits per heavy atom. The number of carbonyl (C=O) groups excluding carboxylic acids is 1. The van der Waals surface area contributed by atoms with Crippen molar-refractivity contribution in [2.24, 2.45) is 0 Å². The van der Waals surface area contributed by atoms with Gasteiger partial charge in [0, 0.05) is 32.2 Å². The van der Waals surface area contributed by atoms with Crippen molar-refractivity contribution >= 4 is 5.91 Å². The topological polar surface area (TPSA) is 90.5 Å². The lowest BCUT2D eigenvalue weighted by Gasteiger charge is -2.16. The van der Waals surface area contributed by atoms with Crippen LogP contribution in [0, 0.1) is 6.92 Å². The number of amides is 1. The van der Waals surface area contributed by atoms with Gasteiger partial charge >= 0.3 is 5.76 Å². The average molecular weight is 304 g/mol. The van der Waals surface area contributed by atoms with E-state index in [0.717, 1.165) is 11.1 Å². The molecule has 0 saturated carbocycles. The zero-order valence-corrected chi connectivity index (χ0v) is 12.1. The summed E-state index contributed by atoms with van der Waals surface area (Å²) in [7, 11) is 0. The number of carbonyl (C=O) groups is 1. The maximum atomic E-state index is 12.2. The highest BCUT2D eigenvalue weighted by Crippen LogP contribution is 2.16. The smallest absolute Gasteiger partial charge is 0.437 e. The zero-order chi connectivity index (χ0) is 15.5. The lowest BCUT2D eigenvalue weighted by atomic mass is 10.3. The van der Waals surface area contributed by atoms with Gasteiger partial charge in [0.1, 0.15) is 12.6 Å². The zero-order valence-electron chi connectivity index (χ0n) is 12.1. The third-order valence-electron chi connectivity index (χ3n) is 3.42. The van der Waals surface area contributed by atoms with Crippen LogP contribution in [-0.4, -0.2) is 44.8 Å². The van der Waals surface area contributed by atoms with Crippen LogP contribution in [0.2, 0.25) is 0 Å². The summed E-state index contributed by atoms with van der Waals surface area (Å²) in [5.74, 6) is -0.00502. The van der Waals surface area contributed by atoms with Crippen molar-refractivity contribution in [3.63, 3.8) is 0 Å². The molecule has 1 unspecified atom stereocenters. The van der Waals surface area contributed by atoms with Crippen LogP contribution in [-0.2, 0) is 11.3 Å². The summed E-state index contributed by atoms with van der Waals surface area (Å²) >= 11 is 0. The first-order valence-electron chi connectivity index (χ1n) is 7.02. The van der Waals surface area contributed by atoms with Crippen LogP contribution in [0.5, 0.6) is 5.88 Å². The van der Waals surface area contributed by atoms with E-state index in [9.17, 15) is 9.59 Å². The molecule has 0 aliphatic carbocycles. The minimum absolute atomic E-state index is 0.0883. The Labute approximate surface area is 126 Å². The Kier molecular flexibility index (Phi) is 3.90. The molecule has 0 aromatic carbocycles. The summed E-state index contributed by atoms with van der Waals surface area (Å²) in [6.07, 6.45) is 2.30. The molecule has 0 radical (unpaired) electrons. The minimum Gasteiger partial charge on any atom is -0.472 e. The number of aromatic nitrogens is 3. The Morgan fingerprint density at radius 3 is 3.05 bits per heavy atom. The summed E-state index contributed by atoms with van der Waals surface area (Å²) in [6.45, 7) is 2.50. The molecule has 1 atom stereocenters. The number of pyridine rings is 1. The van der Waals surface area contributed by atoms with Crippen molar-refractivity contribution in [1.29, 1.82) is 0 Å². The van der Waals surface area contributed by atoms with Gasteiger partial charge in [-0.25, -0.2) is 9.78 Å². The third kappa shape index (κ3) is 3.16. The van der Waals surface area contributed by atoms with Gasteiger partial charge in [0.05, 0.1) is 6.54 Å². The fourth-order valence-corrected chi connectivity index (χ4v) is 2.38. The summed E-state index contributed by atoms with van der Waals surface area (Å²) < 4.78 is 11.5. The summed E-state index contributed by atoms with van der Waals surface area (Å²) in [6, 6.07) is 5.44. The van der Waals surface area contributed by atoms with Crippen molar-refractivity contribution in [3.05, 3.63) is 40.8 Å². The molecule has 0 bridgehead atoms. The second-order valence-electron chi connectivity index (χ2n) is 5.08. The molecule has 1 aliphatic heterocycles. The van der Waals surface area contributed by atoms with E-state index in [1.165, 1.54) is 0 Å². The predicted molar refractivity (Wildman–Crippen MR) is 75.4 cm³/mol. The van der Waals surface area contributed by atoms with Crippen LogP contribution in [0.15, 0.2) is 33.6 Å². The Hall–Kier alpha value is -2.64. The van der Waals surface area contributed by atoms with Crippen LogP contribution in [0.3, 0.4) is 0 Å². The molecule has 8 nitrogen and oxygen atoms in total. The van der Waals surface area contributed by atoms with E-state index in [1.54, 1.807) is 24.1 Å². The van der Waals surface area contributed by atoms with Gasteiger partial charge < -0.3 is 14.1 Å². The predicted octanol–water partition coefficient (Wildman–Crippen LogP) is 0.220. The number of hydrogen-bond acceptors (Lipinski definition) is 6. The first-order chi connectivity index (χ1) is 10.6. The molecule has 3 heterocycles. The largest absolute Gasteiger partial charge is 0.472 e. The molecule has 22 heavy (non-hydrogen) atoms. The Morgan fingerprint density at radius 2 is 2.36 bits per heavy atom. The van der Waals surface area contributed by atoms with Crippen LogP contribution in [0.1, 0.15) is 12.3 Å². The number of likely N-dealkylation sites (tertiary alicyclic amines) is 1. The molecule has 1 saturated heterocycles. The van der Waals surface area contributed by atoms with Crippen LogP contribution >= 0.6 is 0 Å². The molecule has 1 amide bonds. The molecule has 0 spiro atoms. The molecule has 1 aliphatic rings. The van der Waals surface area contributed by atoms with E-state index in [0.29, 0.717) is 19.0 Å². The fraction of sp³-hybridized carbons (Fsp3) is 0.429. The Balaban J connectivity index is 1.57. The van der Waals surface area contributed by atoms with Crippen molar-refractivity contribution in [3.8, 4) is 5.88 Å². The summed E-state index contributed by atoms with van der Waals surface area (Å²) in [5, 5.41) is 3.86. The molecule has 3 rings (SSSR count). The van der Waals surface area contributed by atoms with Crippen molar-refractivity contribution in [2.45, 2.75) is 26.0 Å². The minimum atomic E-state index is -0.619. The van der Waals surface area contributed by atoms with Gasteiger partial charge in [0.15, 0.2) is 0 Å². The fourth-order valence-electron chi connectivity index (χ4n) is 2.38.